The fourth-order valence-electron chi connectivity index (χ4n) is 1.18. The van der Waals surface area contributed by atoms with Gasteiger partial charge in [0.05, 0.1) is 5.75 Å². The van der Waals surface area contributed by atoms with Gasteiger partial charge in [-0.2, -0.15) is 0 Å². The van der Waals surface area contributed by atoms with Gasteiger partial charge < -0.3 is 0 Å². The van der Waals surface area contributed by atoms with E-state index in [1.807, 2.05) is 18.2 Å². The molecule has 0 radical (unpaired) electrons. The van der Waals surface area contributed by atoms with Crippen molar-refractivity contribution in [3.8, 4) is 0 Å². The second-order valence-electron chi connectivity index (χ2n) is 3.36. The van der Waals surface area contributed by atoms with E-state index in [4.69, 9.17) is 0 Å². The number of sulfone groups is 1. The molecule has 0 amide bonds. The summed E-state index contributed by atoms with van der Waals surface area (Å²) in [5.41, 5.74) is 1.46. The number of benzene rings is 1. The maximum Gasteiger partial charge on any atom is 0.176 e. The minimum Gasteiger partial charge on any atom is -0.224 e. The van der Waals surface area contributed by atoms with Crippen LogP contribution in [-0.2, 0) is 15.6 Å². The van der Waals surface area contributed by atoms with Gasteiger partial charge in [0, 0.05) is 5.41 Å². The summed E-state index contributed by atoms with van der Waals surface area (Å²) < 4.78 is 23.3. The molecule has 0 N–H and O–H groups in total. The molecule has 0 bridgehead atoms. The summed E-state index contributed by atoms with van der Waals surface area (Å²) in [4.78, 5) is 0. The lowest BCUT2D eigenvalue weighted by atomic mass is 10.2. The van der Waals surface area contributed by atoms with E-state index < -0.39 is 9.84 Å². The van der Waals surface area contributed by atoms with Crippen molar-refractivity contribution in [2.24, 2.45) is 0 Å². The van der Waals surface area contributed by atoms with Crippen LogP contribution in [0, 0.1) is 0 Å². The zero-order valence-electron chi connectivity index (χ0n) is 8.68. The third-order valence-electron chi connectivity index (χ3n) is 1.90. The van der Waals surface area contributed by atoms with Crippen LogP contribution in [0.15, 0.2) is 54.0 Å². The smallest absolute Gasteiger partial charge is 0.176 e. The van der Waals surface area contributed by atoms with Crippen LogP contribution in [0.4, 0.5) is 0 Å². The average molecular weight is 222 g/mol. The Balaban J connectivity index is 2.87. The van der Waals surface area contributed by atoms with Gasteiger partial charge in [0.1, 0.15) is 0 Å². The number of rotatable bonds is 4. The molecule has 0 aliphatic carbocycles. The van der Waals surface area contributed by atoms with Crippen LogP contribution >= 0.6 is 0 Å². The first-order valence-corrected chi connectivity index (χ1v) is 6.32. The average Bonchev–Trinajstić information content (AvgIpc) is 2.17. The highest BCUT2D eigenvalue weighted by atomic mass is 32.2. The molecule has 0 saturated carbocycles. The van der Waals surface area contributed by atoms with Crippen LogP contribution in [0.3, 0.4) is 0 Å². The van der Waals surface area contributed by atoms with E-state index in [1.54, 1.807) is 19.1 Å². The minimum atomic E-state index is -3.18. The first-order valence-electron chi connectivity index (χ1n) is 4.61. The van der Waals surface area contributed by atoms with Crippen LogP contribution < -0.4 is 0 Å². The molecule has 0 aliphatic rings. The molecule has 0 aliphatic heterocycles. The molecular formula is C12H14O2S. The van der Waals surface area contributed by atoms with Crippen molar-refractivity contribution in [2.75, 3.05) is 0 Å². The zero-order valence-corrected chi connectivity index (χ0v) is 9.50. The lowest BCUT2D eigenvalue weighted by Crippen LogP contribution is -2.00. The molecule has 0 heterocycles. The Morgan fingerprint density at radius 1 is 1.33 bits per heavy atom. The van der Waals surface area contributed by atoms with Crippen molar-refractivity contribution in [1.82, 2.24) is 0 Å². The number of hydrogen-bond acceptors (Lipinski definition) is 2. The molecule has 0 unspecified atom stereocenters. The Morgan fingerprint density at radius 2 is 1.93 bits per heavy atom. The Morgan fingerprint density at radius 3 is 2.47 bits per heavy atom. The van der Waals surface area contributed by atoms with Gasteiger partial charge in [-0.25, -0.2) is 8.42 Å². The van der Waals surface area contributed by atoms with E-state index >= 15 is 0 Å². The van der Waals surface area contributed by atoms with Gasteiger partial charge >= 0.3 is 0 Å². The molecule has 15 heavy (non-hydrogen) atoms. The monoisotopic (exact) mass is 222 g/mol. The molecule has 0 spiro atoms. The van der Waals surface area contributed by atoms with Crippen molar-refractivity contribution in [2.45, 2.75) is 12.7 Å². The van der Waals surface area contributed by atoms with Crippen LogP contribution in [0.25, 0.3) is 0 Å². The molecule has 1 aromatic rings. The maximum atomic E-state index is 11.6. The van der Waals surface area contributed by atoms with Crippen molar-refractivity contribution in [3.05, 3.63) is 59.5 Å². The second-order valence-corrected chi connectivity index (χ2v) is 5.21. The first kappa shape index (κ1) is 11.7. The minimum absolute atomic E-state index is 0.0407. The molecule has 0 atom stereocenters. The highest BCUT2D eigenvalue weighted by Gasteiger charge is 2.07. The van der Waals surface area contributed by atoms with Crippen LogP contribution in [0.5, 0.6) is 0 Å². The Labute approximate surface area is 90.9 Å². The third-order valence-corrected chi connectivity index (χ3v) is 3.36. The van der Waals surface area contributed by atoms with Crippen LogP contribution in [-0.4, -0.2) is 8.42 Å². The summed E-state index contributed by atoms with van der Waals surface area (Å²) in [5.74, 6) is 0.0407. The van der Waals surface area contributed by atoms with E-state index in [1.165, 1.54) is 11.5 Å². The highest BCUT2D eigenvalue weighted by Crippen LogP contribution is 2.09. The van der Waals surface area contributed by atoms with E-state index in [0.717, 1.165) is 5.56 Å². The third kappa shape index (κ3) is 4.13. The summed E-state index contributed by atoms with van der Waals surface area (Å²) in [6.07, 6.45) is 1.53. The predicted octanol–water partition coefficient (Wildman–Crippen LogP) is 2.69. The van der Waals surface area contributed by atoms with Gasteiger partial charge in [0.25, 0.3) is 0 Å². The molecule has 80 valence electrons. The second kappa shape index (κ2) is 4.94. The van der Waals surface area contributed by atoms with E-state index in [2.05, 4.69) is 6.58 Å². The molecular weight excluding hydrogens is 208 g/mol. The molecule has 1 rings (SSSR count). The summed E-state index contributed by atoms with van der Waals surface area (Å²) in [5, 5.41) is 1.26. The van der Waals surface area contributed by atoms with Crippen molar-refractivity contribution in [3.63, 3.8) is 0 Å². The predicted molar refractivity (Wildman–Crippen MR) is 63.0 cm³/mol. The molecule has 1 aromatic carbocycles. The summed E-state index contributed by atoms with van der Waals surface area (Å²) >= 11 is 0. The standard InChI is InChI=1S/C12H14O2S/c1-3-11(2)9-15(13,14)10-12-7-5-4-6-8-12/h3-9H,1,10H2,2H3/b11-9-. The summed E-state index contributed by atoms with van der Waals surface area (Å²) in [6.45, 7) is 5.24. The van der Waals surface area contributed by atoms with Gasteiger partial charge in [0.15, 0.2) is 9.84 Å². The van der Waals surface area contributed by atoms with E-state index in [-0.39, 0.29) is 5.75 Å². The maximum absolute atomic E-state index is 11.6. The number of allylic oxidation sites excluding steroid dienone is 2. The van der Waals surface area contributed by atoms with Crippen molar-refractivity contribution in [1.29, 1.82) is 0 Å². The van der Waals surface area contributed by atoms with Crippen molar-refractivity contribution < 1.29 is 8.42 Å². The molecule has 0 saturated heterocycles. The molecule has 2 nitrogen and oxygen atoms in total. The van der Waals surface area contributed by atoms with Crippen LogP contribution in [0.1, 0.15) is 12.5 Å². The Kier molecular flexibility index (Phi) is 3.86. The molecule has 3 heteroatoms. The summed E-state index contributed by atoms with van der Waals surface area (Å²) in [7, 11) is -3.18. The first-order chi connectivity index (χ1) is 7.03. The van der Waals surface area contributed by atoms with Gasteiger partial charge in [-0.15, -0.1) is 0 Å². The van der Waals surface area contributed by atoms with E-state index in [9.17, 15) is 8.42 Å². The fraction of sp³-hybridized carbons (Fsp3) is 0.167. The SMILES string of the molecule is C=C/C(C)=C\S(=O)(=O)Cc1ccccc1. The van der Waals surface area contributed by atoms with E-state index in [0.29, 0.717) is 5.57 Å². The van der Waals surface area contributed by atoms with Gasteiger partial charge in [-0.05, 0) is 18.1 Å². The lowest BCUT2D eigenvalue weighted by Gasteiger charge is -2.00. The number of hydrogen-bond donors (Lipinski definition) is 0. The quantitative estimate of drug-likeness (QED) is 0.734. The summed E-state index contributed by atoms with van der Waals surface area (Å²) in [6, 6.07) is 9.12. The normalized spacial score (nSPS) is 12.5. The Hall–Kier alpha value is -1.35. The Bertz CT molecular complexity index is 456. The van der Waals surface area contributed by atoms with Crippen LogP contribution in [0.2, 0.25) is 0 Å². The molecule has 0 fully saturated rings. The van der Waals surface area contributed by atoms with Gasteiger partial charge in [-0.3, -0.25) is 0 Å². The fourth-order valence-corrected chi connectivity index (χ4v) is 2.58. The topological polar surface area (TPSA) is 34.1 Å². The molecule has 0 aromatic heterocycles. The largest absolute Gasteiger partial charge is 0.224 e. The highest BCUT2D eigenvalue weighted by molar-refractivity contribution is 7.93. The van der Waals surface area contributed by atoms with Gasteiger partial charge in [0.2, 0.25) is 0 Å². The van der Waals surface area contributed by atoms with Gasteiger partial charge in [-0.1, -0.05) is 43.0 Å². The lowest BCUT2D eigenvalue weighted by molar-refractivity contribution is 0.603. The van der Waals surface area contributed by atoms with Crippen molar-refractivity contribution >= 4 is 9.84 Å². The zero-order chi connectivity index (χ0) is 11.3.